The Labute approximate surface area is 91.6 Å². The van der Waals surface area contributed by atoms with Crippen molar-refractivity contribution in [1.29, 1.82) is 0 Å². The van der Waals surface area contributed by atoms with E-state index in [9.17, 15) is 0 Å². The van der Waals surface area contributed by atoms with E-state index >= 15 is 0 Å². The Hall–Kier alpha value is 1.05. The fourth-order valence-electron chi connectivity index (χ4n) is 0.204. The minimum Gasteiger partial charge on any atom is -0.358 e. The zero-order valence-electron chi connectivity index (χ0n) is 8.20. The van der Waals surface area contributed by atoms with Crippen LogP contribution in [0.5, 0.6) is 0 Å². The van der Waals surface area contributed by atoms with Crippen LogP contribution >= 0.6 is 0 Å². The summed E-state index contributed by atoms with van der Waals surface area (Å²) in [6, 6.07) is 0. The average Bonchev–Trinajstić information content (AvgIpc) is 1.91. The first-order chi connectivity index (χ1) is 3.81. The molecule has 0 aromatic rings. The molecule has 0 nitrogen and oxygen atoms in total. The fraction of sp³-hybridized carbons (Fsp3) is 0.778. The van der Waals surface area contributed by atoms with E-state index in [0.29, 0.717) is 0 Å². The van der Waals surface area contributed by atoms with Crippen LogP contribution in [0.25, 0.3) is 0 Å². The van der Waals surface area contributed by atoms with Crippen molar-refractivity contribution in [2.75, 3.05) is 0 Å². The number of hydrogen-bond donors (Lipinski definition) is 0. The second-order valence-electron chi connectivity index (χ2n) is 1.80. The summed E-state index contributed by atoms with van der Waals surface area (Å²) in [5.41, 5.74) is 0. The molecule has 0 aliphatic carbocycles. The van der Waals surface area contributed by atoms with Gasteiger partial charge in [-0.05, 0) is 0 Å². The Balaban J connectivity index is -0.0000000412. The quantitative estimate of drug-likeness (QED) is 0.652. The number of hydrogen-bond acceptors (Lipinski definition) is 0. The van der Waals surface area contributed by atoms with E-state index in [-0.39, 0.29) is 38.5 Å². The second-order valence-corrected chi connectivity index (χ2v) is 1.80. The zero-order valence-corrected chi connectivity index (χ0v) is 12.4. The number of rotatable bonds is 2. The Bertz CT molecular complexity index is 23.9. The molecule has 0 aromatic carbocycles. The van der Waals surface area contributed by atoms with E-state index in [1.165, 1.54) is 6.42 Å². The fourth-order valence-corrected chi connectivity index (χ4v) is 0.204. The molecule has 1 heteroatoms. The summed E-state index contributed by atoms with van der Waals surface area (Å²) >= 11 is 0. The maximum atomic E-state index is 3.76. The summed E-state index contributed by atoms with van der Waals surface area (Å²) in [7, 11) is 0. The predicted molar refractivity (Wildman–Crippen MR) is 47.2 cm³/mol. The van der Waals surface area contributed by atoms with Crippen molar-refractivity contribution in [3.63, 3.8) is 0 Å². The van der Waals surface area contributed by atoms with Crippen molar-refractivity contribution in [3.05, 3.63) is 14.4 Å². The van der Waals surface area contributed by atoms with Crippen LogP contribution in [0, 0.1) is 51.4 Å². The van der Waals surface area contributed by atoms with Gasteiger partial charge in [0.15, 0.2) is 0 Å². The molecule has 0 saturated carbocycles. The van der Waals surface area contributed by atoms with Gasteiger partial charge in [0, 0.05) is 0 Å². The van der Waals surface area contributed by atoms with Crippen LogP contribution in [0.4, 0.5) is 0 Å². The third-order valence-electron chi connectivity index (χ3n) is 1.19. The third-order valence-corrected chi connectivity index (χ3v) is 1.19. The summed E-state index contributed by atoms with van der Waals surface area (Å²) in [4.78, 5) is 0. The zero-order chi connectivity index (χ0) is 6.99. The third kappa shape index (κ3) is 23.0. The molecule has 0 aromatic heterocycles. The second kappa shape index (κ2) is 22.5. The molecule has 0 saturated heterocycles. The molecule has 0 bridgehead atoms. The molecule has 0 aliphatic rings. The van der Waals surface area contributed by atoms with E-state index in [0.717, 1.165) is 12.3 Å². The largest absolute Gasteiger partial charge is 2.00 e. The summed E-state index contributed by atoms with van der Waals surface area (Å²) < 4.78 is 0. The van der Waals surface area contributed by atoms with Crippen LogP contribution in [-0.2, 0) is 0 Å². The van der Waals surface area contributed by atoms with E-state index in [1.807, 2.05) is 13.8 Å². The smallest absolute Gasteiger partial charge is 0.358 e. The van der Waals surface area contributed by atoms with Crippen LogP contribution in [0.1, 0.15) is 40.5 Å². The maximum Gasteiger partial charge on any atom is 2.00 e. The van der Waals surface area contributed by atoms with Gasteiger partial charge in [0.05, 0.1) is 0 Å². The van der Waals surface area contributed by atoms with Gasteiger partial charge in [0.25, 0.3) is 0 Å². The van der Waals surface area contributed by atoms with Gasteiger partial charge in [-0.1, -0.05) is 40.0 Å². The van der Waals surface area contributed by atoms with Crippen molar-refractivity contribution in [1.82, 2.24) is 0 Å². The predicted octanol–water partition coefficient (Wildman–Crippen LogP) is 3.73. The van der Waals surface area contributed by atoms with Crippen molar-refractivity contribution in [2.24, 2.45) is 5.92 Å². The van der Waals surface area contributed by atoms with Crippen LogP contribution in [0.15, 0.2) is 0 Å². The Kier molecular flexibility index (Phi) is 50.5. The molecular weight excluding hydrogens is 346 g/mol. The van der Waals surface area contributed by atoms with Gasteiger partial charge < -0.3 is 14.4 Å². The monoisotopic (exact) mass is 368 g/mol. The van der Waals surface area contributed by atoms with E-state index < -0.39 is 0 Å². The van der Waals surface area contributed by atoms with Crippen molar-refractivity contribution >= 4 is 0 Å². The van der Waals surface area contributed by atoms with Crippen molar-refractivity contribution < 1.29 is 31.1 Å². The van der Waals surface area contributed by atoms with Crippen LogP contribution < -0.4 is 0 Å². The van der Waals surface area contributed by atoms with E-state index in [1.54, 1.807) is 0 Å². The molecule has 0 aliphatic heterocycles. The molecule has 0 N–H and O–H groups in total. The summed E-state index contributed by atoms with van der Waals surface area (Å²) in [5, 5.41) is 0. The first-order valence-corrected chi connectivity index (χ1v) is 3.60. The molecule has 0 amide bonds. The standard InChI is InChI=1S/C6H13.C2H6.CH3.U/c1-4-6(3)5-2;1-2;;/h6H,1,4-5H2,2-3H3;1-2H3;1H3;/q-1;;-1;+2. The molecule has 0 rings (SSSR count). The first kappa shape index (κ1) is 22.5. The Morgan fingerprint density at radius 2 is 1.60 bits per heavy atom. The van der Waals surface area contributed by atoms with Crippen molar-refractivity contribution in [3.8, 4) is 0 Å². The van der Waals surface area contributed by atoms with Crippen LogP contribution in [0.2, 0.25) is 0 Å². The molecule has 0 heterocycles. The average molecular weight is 368 g/mol. The van der Waals surface area contributed by atoms with Gasteiger partial charge in [0.1, 0.15) is 0 Å². The van der Waals surface area contributed by atoms with Crippen LogP contribution in [0.3, 0.4) is 0 Å². The molecular formula is C9H22U. The van der Waals surface area contributed by atoms with Gasteiger partial charge in [-0.15, -0.1) is 0 Å². The SMILES string of the molecule is CC.[CH2-]CC(C)CC.[CH3-].[U+2]. The molecule has 10 heavy (non-hydrogen) atoms. The van der Waals surface area contributed by atoms with E-state index in [4.69, 9.17) is 0 Å². The molecule has 62 valence electrons. The van der Waals surface area contributed by atoms with Gasteiger partial charge in [-0.2, -0.15) is 6.42 Å². The molecule has 0 fully saturated rings. The minimum absolute atomic E-state index is 0. The molecule has 0 radical (unpaired) electrons. The van der Waals surface area contributed by atoms with Gasteiger partial charge in [-0.3, -0.25) is 0 Å². The van der Waals surface area contributed by atoms with Crippen LogP contribution in [-0.4, -0.2) is 0 Å². The summed E-state index contributed by atoms with van der Waals surface area (Å²) in [6.45, 7) is 12.2. The van der Waals surface area contributed by atoms with Gasteiger partial charge in [-0.25, -0.2) is 0 Å². The van der Waals surface area contributed by atoms with E-state index in [2.05, 4.69) is 20.8 Å². The van der Waals surface area contributed by atoms with Gasteiger partial charge in [0.2, 0.25) is 0 Å². The topological polar surface area (TPSA) is 0 Å². The maximum absolute atomic E-state index is 3.76. The summed E-state index contributed by atoms with van der Waals surface area (Å²) in [6.07, 6.45) is 2.35. The minimum atomic E-state index is 0. The first-order valence-electron chi connectivity index (χ1n) is 3.60. The molecule has 0 spiro atoms. The Morgan fingerprint density at radius 1 is 1.30 bits per heavy atom. The molecule has 1 atom stereocenters. The molecule has 1 unspecified atom stereocenters. The van der Waals surface area contributed by atoms with Crippen molar-refractivity contribution in [2.45, 2.75) is 40.5 Å². The Morgan fingerprint density at radius 3 is 1.60 bits per heavy atom. The van der Waals surface area contributed by atoms with Gasteiger partial charge >= 0.3 is 31.1 Å². The summed E-state index contributed by atoms with van der Waals surface area (Å²) in [5.74, 6) is 0.824. The normalized spacial score (nSPS) is 9.30.